The van der Waals surface area contributed by atoms with E-state index in [1.807, 2.05) is 7.05 Å². The fourth-order valence-corrected chi connectivity index (χ4v) is 4.49. The first kappa shape index (κ1) is 16.7. The highest BCUT2D eigenvalue weighted by atomic mass is 32.1. The number of hydrogen-bond acceptors (Lipinski definition) is 7. The van der Waals surface area contributed by atoms with Crippen molar-refractivity contribution in [2.45, 2.75) is 32.2 Å². The van der Waals surface area contributed by atoms with Crippen LogP contribution >= 0.6 is 11.3 Å². The molecule has 1 aliphatic rings. The van der Waals surface area contributed by atoms with Crippen LogP contribution in [0.3, 0.4) is 0 Å². The van der Waals surface area contributed by atoms with Gasteiger partial charge in [0.25, 0.3) is 0 Å². The molecule has 1 saturated heterocycles. The van der Waals surface area contributed by atoms with E-state index in [9.17, 15) is 5.11 Å². The second-order valence-electron chi connectivity index (χ2n) is 6.72. The third-order valence-electron chi connectivity index (χ3n) is 4.81. The Balaban J connectivity index is 1.42. The summed E-state index contributed by atoms with van der Waals surface area (Å²) >= 11 is 1.78. The van der Waals surface area contributed by atoms with Crippen LogP contribution in [-0.4, -0.2) is 57.4 Å². The average Bonchev–Trinajstić information content (AvgIpc) is 3.28. The summed E-state index contributed by atoms with van der Waals surface area (Å²) in [5.41, 5.74) is 1.34. The Morgan fingerprint density at radius 3 is 2.96 bits per heavy atom. The Hall–Kier alpha value is -1.80. The standard InChI is InChI=1S/C18H22N4O2S/c1-12-19-20-18(24-12)10-21(2)15-8-22(9-16(15)23)7-13-11-25-17-6-4-3-5-14(13)17/h3-6,11,15-16,23H,7-10H2,1-2H3/t15?,16-/m1/s1. The first-order valence-corrected chi connectivity index (χ1v) is 9.33. The van der Waals surface area contributed by atoms with Crippen LogP contribution in [0.25, 0.3) is 10.1 Å². The van der Waals surface area contributed by atoms with Gasteiger partial charge in [0, 0.05) is 37.3 Å². The van der Waals surface area contributed by atoms with E-state index in [1.165, 1.54) is 15.6 Å². The van der Waals surface area contributed by atoms with E-state index in [1.54, 1.807) is 18.3 Å². The van der Waals surface area contributed by atoms with E-state index in [0.29, 0.717) is 24.9 Å². The molecule has 0 bridgehead atoms. The van der Waals surface area contributed by atoms with Crippen molar-refractivity contribution in [1.29, 1.82) is 0 Å². The first-order chi connectivity index (χ1) is 12.1. The molecule has 2 aromatic heterocycles. The number of benzene rings is 1. The molecule has 25 heavy (non-hydrogen) atoms. The number of aliphatic hydroxyl groups excluding tert-OH is 1. The lowest BCUT2D eigenvalue weighted by molar-refractivity contribution is 0.0899. The Morgan fingerprint density at radius 1 is 1.32 bits per heavy atom. The predicted octanol–water partition coefficient (Wildman–Crippen LogP) is 2.27. The number of thiophene rings is 1. The summed E-state index contributed by atoms with van der Waals surface area (Å²) < 4.78 is 6.77. The van der Waals surface area contributed by atoms with E-state index in [0.717, 1.165) is 13.1 Å². The molecule has 6 nitrogen and oxygen atoms in total. The highest BCUT2D eigenvalue weighted by Crippen LogP contribution is 2.28. The minimum atomic E-state index is -0.376. The number of hydrogen-bond donors (Lipinski definition) is 1. The number of fused-ring (bicyclic) bond motifs is 1. The van der Waals surface area contributed by atoms with E-state index in [-0.39, 0.29) is 12.1 Å². The van der Waals surface area contributed by atoms with Crippen LogP contribution in [0.5, 0.6) is 0 Å². The Kier molecular flexibility index (Phi) is 4.56. The van der Waals surface area contributed by atoms with Crippen molar-refractivity contribution in [1.82, 2.24) is 20.0 Å². The van der Waals surface area contributed by atoms with Crippen LogP contribution in [0.1, 0.15) is 17.3 Å². The van der Waals surface area contributed by atoms with Gasteiger partial charge in [0.05, 0.1) is 12.6 Å². The van der Waals surface area contributed by atoms with Crippen molar-refractivity contribution in [3.8, 4) is 0 Å². The Bertz CT molecular complexity index is 862. The lowest BCUT2D eigenvalue weighted by atomic mass is 10.2. The zero-order chi connectivity index (χ0) is 17.4. The predicted molar refractivity (Wildman–Crippen MR) is 97.4 cm³/mol. The summed E-state index contributed by atoms with van der Waals surface area (Å²) in [4.78, 5) is 4.42. The smallest absolute Gasteiger partial charge is 0.230 e. The quantitative estimate of drug-likeness (QED) is 0.755. The molecule has 0 radical (unpaired) electrons. The summed E-state index contributed by atoms with van der Waals surface area (Å²) in [6.45, 7) is 4.72. The molecule has 0 amide bonds. The van der Waals surface area contributed by atoms with Crippen LogP contribution in [0.15, 0.2) is 34.1 Å². The van der Waals surface area contributed by atoms with Gasteiger partial charge in [-0.15, -0.1) is 21.5 Å². The molecular weight excluding hydrogens is 336 g/mol. The average molecular weight is 358 g/mol. The lowest BCUT2D eigenvalue weighted by Crippen LogP contribution is -2.40. The molecule has 132 valence electrons. The number of rotatable bonds is 5. The van der Waals surface area contributed by atoms with Crippen LogP contribution in [0, 0.1) is 6.92 Å². The third-order valence-corrected chi connectivity index (χ3v) is 5.82. The second kappa shape index (κ2) is 6.84. The van der Waals surface area contributed by atoms with Gasteiger partial charge in [-0.05, 0) is 29.4 Å². The lowest BCUT2D eigenvalue weighted by Gasteiger charge is -2.25. The van der Waals surface area contributed by atoms with Gasteiger partial charge in [0.1, 0.15) is 0 Å². The topological polar surface area (TPSA) is 65.6 Å². The van der Waals surface area contributed by atoms with Crippen molar-refractivity contribution in [2.24, 2.45) is 0 Å². The normalized spacial score (nSPS) is 21.6. The molecule has 1 N–H and O–H groups in total. The fourth-order valence-electron chi connectivity index (χ4n) is 3.54. The largest absolute Gasteiger partial charge is 0.424 e. The molecule has 2 atom stereocenters. The van der Waals surface area contributed by atoms with Gasteiger partial charge in [-0.3, -0.25) is 9.80 Å². The second-order valence-corrected chi connectivity index (χ2v) is 7.63. The molecule has 0 spiro atoms. The molecule has 0 saturated carbocycles. The number of β-amino-alcohol motifs (C(OH)–C–C–N with tert-alkyl or cyclic N) is 1. The Morgan fingerprint density at radius 2 is 2.16 bits per heavy atom. The summed E-state index contributed by atoms with van der Waals surface area (Å²) in [5.74, 6) is 1.16. The maximum absolute atomic E-state index is 10.5. The zero-order valence-corrected chi connectivity index (χ0v) is 15.2. The molecule has 7 heteroatoms. The van der Waals surface area contributed by atoms with Gasteiger partial charge in [-0.1, -0.05) is 18.2 Å². The third kappa shape index (κ3) is 3.46. The molecule has 3 aromatic rings. The summed E-state index contributed by atoms with van der Waals surface area (Å²) in [6.07, 6.45) is -0.376. The molecule has 3 heterocycles. The summed E-state index contributed by atoms with van der Waals surface area (Å²) in [5, 5.41) is 22.0. The van der Waals surface area contributed by atoms with Crippen LogP contribution in [0.2, 0.25) is 0 Å². The maximum Gasteiger partial charge on any atom is 0.230 e. The molecule has 1 aromatic carbocycles. The molecule has 1 fully saturated rings. The minimum Gasteiger partial charge on any atom is -0.424 e. The van der Waals surface area contributed by atoms with E-state index in [4.69, 9.17) is 4.42 Å². The van der Waals surface area contributed by atoms with Crippen LogP contribution in [-0.2, 0) is 13.1 Å². The summed E-state index contributed by atoms with van der Waals surface area (Å²) in [7, 11) is 2.00. The van der Waals surface area contributed by atoms with Crippen molar-refractivity contribution < 1.29 is 9.52 Å². The van der Waals surface area contributed by atoms with Gasteiger partial charge in [-0.25, -0.2) is 0 Å². The van der Waals surface area contributed by atoms with Gasteiger partial charge < -0.3 is 9.52 Å². The number of likely N-dealkylation sites (tertiary alicyclic amines) is 1. The van der Waals surface area contributed by atoms with Crippen molar-refractivity contribution in [2.75, 3.05) is 20.1 Å². The van der Waals surface area contributed by atoms with Gasteiger partial charge in [0.15, 0.2) is 0 Å². The SMILES string of the molecule is Cc1nnc(CN(C)C2CN(Cc3csc4ccccc34)C[C@H]2O)o1. The highest BCUT2D eigenvalue weighted by molar-refractivity contribution is 7.17. The maximum atomic E-state index is 10.5. The summed E-state index contributed by atoms with van der Waals surface area (Å²) in [6, 6.07) is 8.56. The molecule has 1 unspecified atom stereocenters. The number of aromatic nitrogens is 2. The van der Waals surface area contributed by atoms with Crippen LogP contribution < -0.4 is 0 Å². The molecular formula is C18H22N4O2S. The minimum absolute atomic E-state index is 0.0668. The number of likely N-dealkylation sites (N-methyl/N-ethyl adjacent to an activating group) is 1. The van der Waals surface area contributed by atoms with Crippen molar-refractivity contribution >= 4 is 21.4 Å². The van der Waals surface area contributed by atoms with Crippen molar-refractivity contribution in [3.05, 3.63) is 47.0 Å². The molecule has 0 aliphatic carbocycles. The van der Waals surface area contributed by atoms with E-state index >= 15 is 0 Å². The molecule has 4 rings (SSSR count). The van der Waals surface area contributed by atoms with Gasteiger partial charge >= 0.3 is 0 Å². The first-order valence-electron chi connectivity index (χ1n) is 8.45. The highest BCUT2D eigenvalue weighted by Gasteiger charge is 2.34. The fraction of sp³-hybridized carbons (Fsp3) is 0.444. The number of aliphatic hydroxyl groups is 1. The monoisotopic (exact) mass is 358 g/mol. The molecule has 1 aliphatic heterocycles. The van der Waals surface area contributed by atoms with E-state index < -0.39 is 0 Å². The number of nitrogens with zero attached hydrogens (tertiary/aromatic N) is 4. The van der Waals surface area contributed by atoms with Crippen LogP contribution in [0.4, 0.5) is 0 Å². The van der Waals surface area contributed by atoms with E-state index in [2.05, 4.69) is 49.6 Å². The van der Waals surface area contributed by atoms with Crippen molar-refractivity contribution in [3.63, 3.8) is 0 Å². The number of aryl methyl sites for hydroxylation is 1. The Labute approximate surface area is 150 Å². The zero-order valence-electron chi connectivity index (χ0n) is 14.4. The van der Waals surface area contributed by atoms with Gasteiger partial charge in [-0.2, -0.15) is 0 Å². The van der Waals surface area contributed by atoms with Gasteiger partial charge in [0.2, 0.25) is 11.8 Å².